The smallest absolute Gasteiger partial charge is 0.308 e. The maximum atomic E-state index is 12.9. The predicted molar refractivity (Wildman–Crippen MR) is 105 cm³/mol. The normalized spacial score (nSPS) is 17.8. The van der Waals surface area contributed by atoms with Crippen molar-refractivity contribution in [2.45, 2.75) is 45.8 Å². The minimum atomic E-state index is -0.912. The number of ether oxygens (including phenoxy) is 2. The number of carbonyl (C=O) groups is 3. The number of nitrogens with zero attached hydrogens (tertiary/aromatic N) is 1. The van der Waals surface area contributed by atoms with E-state index in [9.17, 15) is 14.4 Å². The zero-order valence-electron chi connectivity index (χ0n) is 16.4. The van der Waals surface area contributed by atoms with Crippen molar-refractivity contribution in [2.24, 2.45) is 5.92 Å². The van der Waals surface area contributed by atoms with Gasteiger partial charge in [0.05, 0.1) is 18.1 Å². The second-order valence-corrected chi connectivity index (χ2v) is 7.54. The zero-order valence-corrected chi connectivity index (χ0v) is 17.2. The molecule has 1 N–H and O–H groups in total. The summed E-state index contributed by atoms with van der Waals surface area (Å²) < 4.78 is 10.9. The van der Waals surface area contributed by atoms with E-state index in [1.165, 1.54) is 4.90 Å². The van der Waals surface area contributed by atoms with Crippen LogP contribution in [0, 0.1) is 5.92 Å². The van der Waals surface area contributed by atoms with Gasteiger partial charge in [0.2, 0.25) is 5.91 Å². The summed E-state index contributed by atoms with van der Waals surface area (Å²) in [4.78, 5) is 38.7. The number of carbonyl (C=O) groups excluding carboxylic acids is 3. The van der Waals surface area contributed by atoms with Gasteiger partial charge in [0.15, 0.2) is 6.10 Å². The van der Waals surface area contributed by atoms with Crippen LogP contribution in [0.3, 0.4) is 0 Å². The van der Waals surface area contributed by atoms with E-state index in [0.29, 0.717) is 36.4 Å². The summed E-state index contributed by atoms with van der Waals surface area (Å²) >= 11 is 6.07. The lowest BCUT2D eigenvalue weighted by Gasteiger charge is -2.36. The molecule has 2 unspecified atom stereocenters. The minimum Gasteiger partial charge on any atom is -0.479 e. The van der Waals surface area contributed by atoms with Crippen molar-refractivity contribution in [3.8, 4) is 5.75 Å². The Morgan fingerprint density at radius 3 is 2.68 bits per heavy atom. The third-order valence-corrected chi connectivity index (χ3v) is 4.73. The lowest BCUT2D eigenvalue weighted by molar-refractivity contribution is -0.154. The van der Waals surface area contributed by atoms with Crippen LogP contribution in [0.25, 0.3) is 0 Å². The highest BCUT2D eigenvalue weighted by Crippen LogP contribution is 2.25. The molecule has 2 amide bonds. The lowest BCUT2D eigenvalue weighted by Crippen LogP contribution is -2.60. The number of esters is 1. The highest BCUT2D eigenvalue weighted by atomic mass is 35.5. The van der Waals surface area contributed by atoms with Crippen LogP contribution in [-0.2, 0) is 19.1 Å². The Morgan fingerprint density at radius 2 is 2.00 bits per heavy atom. The summed E-state index contributed by atoms with van der Waals surface area (Å²) in [6.07, 6.45) is -0.298. The second kappa shape index (κ2) is 10.3. The molecule has 8 heteroatoms. The Labute approximate surface area is 170 Å². The molecule has 0 saturated carbocycles. The fourth-order valence-electron chi connectivity index (χ4n) is 2.82. The number of hydrogen-bond acceptors (Lipinski definition) is 5. The number of piperazine rings is 1. The second-order valence-electron chi connectivity index (χ2n) is 7.14. The molecule has 1 aliphatic heterocycles. The average Bonchev–Trinajstić information content (AvgIpc) is 2.64. The van der Waals surface area contributed by atoms with Crippen LogP contribution in [0.2, 0.25) is 5.02 Å². The fourth-order valence-corrected chi connectivity index (χ4v) is 3.00. The molecule has 0 bridgehead atoms. The van der Waals surface area contributed by atoms with Gasteiger partial charge in [-0.05, 0) is 31.4 Å². The van der Waals surface area contributed by atoms with E-state index in [0.717, 1.165) is 6.42 Å². The van der Waals surface area contributed by atoms with Gasteiger partial charge in [0.1, 0.15) is 11.8 Å². The van der Waals surface area contributed by atoms with E-state index in [1.54, 1.807) is 31.2 Å². The molecule has 1 fully saturated rings. The molecule has 1 aliphatic rings. The van der Waals surface area contributed by atoms with Crippen molar-refractivity contribution < 1.29 is 23.9 Å². The molecule has 1 aromatic carbocycles. The molecule has 1 aromatic rings. The lowest BCUT2D eigenvalue weighted by atomic mass is 10.1. The average molecular weight is 411 g/mol. The van der Waals surface area contributed by atoms with Crippen LogP contribution < -0.4 is 10.1 Å². The Morgan fingerprint density at radius 1 is 1.29 bits per heavy atom. The van der Waals surface area contributed by atoms with Gasteiger partial charge in [-0.15, -0.1) is 0 Å². The Bertz CT molecular complexity index is 710. The van der Waals surface area contributed by atoms with Crippen LogP contribution >= 0.6 is 11.6 Å². The molecular formula is C20H27ClN2O5. The molecule has 28 heavy (non-hydrogen) atoms. The van der Waals surface area contributed by atoms with Gasteiger partial charge in [0.25, 0.3) is 5.91 Å². The standard InChI is InChI=1S/C20H27ClN2O5/c1-13(2)8-11-27-18(24)12-16-19(25)22-9-10-23(16)20(26)14(3)28-17-7-5-4-6-15(17)21/h4-7,13-14,16H,8-12H2,1-3H3,(H,22,25). The summed E-state index contributed by atoms with van der Waals surface area (Å²) in [6, 6.07) is 5.93. The third-order valence-electron chi connectivity index (χ3n) is 4.42. The highest BCUT2D eigenvalue weighted by Gasteiger charge is 2.37. The van der Waals surface area contributed by atoms with Gasteiger partial charge in [-0.3, -0.25) is 14.4 Å². The highest BCUT2D eigenvalue weighted by molar-refractivity contribution is 6.32. The quantitative estimate of drug-likeness (QED) is 0.665. The first-order chi connectivity index (χ1) is 13.3. The maximum absolute atomic E-state index is 12.9. The number of nitrogens with one attached hydrogen (secondary N) is 1. The molecule has 1 heterocycles. The van der Waals surface area contributed by atoms with Crippen molar-refractivity contribution >= 4 is 29.4 Å². The van der Waals surface area contributed by atoms with Gasteiger partial charge in [-0.2, -0.15) is 0 Å². The topological polar surface area (TPSA) is 84.9 Å². The van der Waals surface area contributed by atoms with E-state index in [4.69, 9.17) is 21.1 Å². The van der Waals surface area contributed by atoms with Crippen molar-refractivity contribution in [3.05, 3.63) is 29.3 Å². The van der Waals surface area contributed by atoms with Crippen molar-refractivity contribution in [1.82, 2.24) is 10.2 Å². The van der Waals surface area contributed by atoms with Gasteiger partial charge >= 0.3 is 5.97 Å². The predicted octanol–water partition coefficient (Wildman–Crippen LogP) is 2.41. The van der Waals surface area contributed by atoms with Crippen molar-refractivity contribution in [3.63, 3.8) is 0 Å². The molecule has 2 atom stereocenters. The Hall–Kier alpha value is -2.28. The van der Waals surface area contributed by atoms with Crippen molar-refractivity contribution in [1.29, 1.82) is 0 Å². The molecule has 7 nitrogen and oxygen atoms in total. The third kappa shape index (κ3) is 6.12. The van der Waals surface area contributed by atoms with E-state index in [1.807, 2.05) is 13.8 Å². The zero-order chi connectivity index (χ0) is 20.7. The van der Waals surface area contributed by atoms with Gasteiger partial charge < -0.3 is 19.7 Å². The first kappa shape index (κ1) is 22.0. The maximum Gasteiger partial charge on any atom is 0.308 e. The van der Waals surface area contributed by atoms with Crippen LogP contribution in [0.1, 0.15) is 33.6 Å². The summed E-state index contributed by atoms with van der Waals surface area (Å²) in [6.45, 7) is 6.57. The summed E-state index contributed by atoms with van der Waals surface area (Å²) in [5.74, 6) is -0.455. The SMILES string of the molecule is CC(C)CCOC(=O)CC1C(=O)NCCN1C(=O)C(C)Oc1ccccc1Cl. The van der Waals surface area contributed by atoms with E-state index >= 15 is 0 Å². The number of halogens is 1. The minimum absolute atomic E-state index is 0.186. The Balaban J connectivity index is 2.01. The van der Waals surface area contributed by atoms with Crippen LogP contribution in [0.4, 0.5) is 0 Å². The number of amides is 2. The molecule has 0 radical (unpaired) electrons. The van der Waals surface area contributed by atoms with E-state index in [2.05, 4.69) is 5.32 Å². The first-order valence-corrected chi connectivity index (χ1v) is 9.82. The molecule has 1 saturated heterocycles. The molecule has 2 rings (SSSR count). The number of rotatable bonds is 8. The Kier molecular flexibility index (Phi) is 8.11. The number of hydrogen-bond donors (Lipinski definition) is 1. The summed E-state index contributed by atoms with van der Waals surface area (Å²) in [7, 11) is 0. The molecule has 0 spiro atoms. The molecule has 0 aromatic heterocycles. The largest absolute Gasteiger partial charge is 0.479 e. The number of para-hydroxylation sites is 1. The summed E-state index contributed by atoms with van der Waals surface area (Å²) in [5, 5.41) is 3.08. The number of benzene rings is 1. The van der Waals surface area contributed by atoms with Crippen LogP contribution in [0.5, 0.6) is 5.75 Å². The monoisotopic (exact) mass is 410 g/mol. The molecule has 154 valence electrons. The summed E-state index contributed by atoms with van der Waals surface area (Å²) in [5.41, 5.74) is 0. The molecular weight excluding hydrogens is 384 g/mol. The van der Waals surface area contributed by atoms with Crippen LogP contribution in [-0.4, -0.2) is 54.5 Å². The fraction of sp³-hybridized carbons (Fsp3) is 0.550. The van der Waals surface area contributed by atoms with E-state index in [-0.39, 0.29) is 18.2 Å². The van der Waals surface area contributed by atoms with Crippen LogP contribution in [0.15, 0.2) is 24.3 Å². The molecule has 0 aliphatic carbocycles. The van der Waals surface area contributed by atoms with Gasteiger partial charge in [0, 0.05) is 13.1 Å². The van der Waals surface area contributed by atoms with Gasteiger partial charge in [-0.1, -0.05) is 37.6 Å². The van der Waals surface area contributed by atoms with E-state index < -0.39 is 18.1 Å². The van der Waals surface area contributed by atoms with Gasteiger partial charge in [-0.25, -0.2) is 0 Å². The van der Waals surface area contributed by atoms with Crippen molar-refractivity contribution in [2.75, 3.05) is 19.7 Å². The first-order valence-electron chi connectivity index (χ1n) is 9.44.